The van der Waals surface area contributed by atoms with Crippen molar-refractivity contribution in [2.75, 3.05) is 13.2 Å². The molecule has 0 amide bonds. The van der Waals surface area contributed by atoms with E-state index in [4.69, 9.17) is 20.1 Å². The van der Waals surface area contributed by atoms with Gasteiger partial charge < -0.3 is 15.3 Å². The van der Waals surface area contributed by atoms with Crippen molar-refractivity contribution < 1.29 is 20.1 Å². The van der Waals surface area contributed by atoms with Crippen LogP contribution in [0.4, 0.5) is 0 Å². The van der Waals surface area contributed by atoms with E-state index in [9.17, 15) is 0 Å². The van der Waals surface area contributed by atoms with Crippen LogP contribution < -0.4 is 0 Å². The molecule has 0 radical (unpaired) electrons. The van der Waals surface area contributed by atoms with Gasteiger partial charge in [-0.1, -0.05) is 48.5 Å². The largest absolute Gasteiger partial charge is 0.483 e. The molecule has 4 nitrogen and oxygen atoms in total. The molecule has 2 aromatic carbocycles. The summed E-state index contributed by atoms with van der Waals surface area (Å²) in [6.07, 6.45) is 0. The average molecular weight is 236 g/mol. The summed E-state index contributed by atoms with van der Waals surface area (Å²) in [6, 6.07) is 16.7. The Morgan fingerprint density at radius 1 is 0.824 bits per heavy atom. The second-order valence-corrected chi connectivity index (χ2v) is 2.90. The van der Waals surface area contributed by atoms with E-state index >= 15 is 0 Å². The number of carbonyl (C=O) groups is 1. The third kappa shape index (κ3) is 7.05. The van der Waals surface area contributed by atoms with Crippen molar-refractivity contribution in [1.82, 2.24) is 0 Å². The molecule has 0 aliphatic heterocycles. The molecule has 0 unspecified atom stereocenters. The summed E-state index contributed by atoms with van der Waals surface area (Å²) in [4.78, 5) is 8.36. The molecule has 92 valence electrons. The molecule has 0 aliphatic rings. The van der Waals surface area contributed by atoms with Crippen molar-refractivity contribution in [3.05, 3.63) is 48.5 Å². The highest BCUT2D eigenvalue weighted by Gasteiger charge is 1.85. The number of hydrogen-bond acceptors (Lipinski definition) is 3. The Kier molecular flexibility index (Phi) is 9.41. The molecule has 2 aromatic rings. The maximum atomic E-state index is 8.36. The number of hydrogen-bond donors (Lipinski definition) is 3. The van der Waals surface area contributed by atoms with Crippen LogP contribution in [0.25, 0.3) is 10.8 Å². The van der Waals surface area contributed by atoms with Crippen LogP contribution >= 0.6 is 0 Å². The Balaban J connectivity index is 0.000000311. The fraction of sp³-hybridized carbons (Fsp3) is 0.154. The second kappa shape index (κ2) is 10.6. The molecule has 0 heterocycles. The van der Waals surface area contributed by atoms with E-state index < -0.39 is 0 Å². The Hall–Kier alpha value is -1.91. The van der Waals surface area contributed by atoms with Gasteiger partial charge >= 0.3 is 0 Å². The SMILES string of the molecule is O=CO.OCCO.c1ccc2ccccc2c1. The molecule has 0 spiro atoms. The van der Waals surface area contributed by atoms with Gasteiger partial charge in [0.15, 0.2) is 0 Å². The van der Waals surface area contributed by atoms with Gasteiger partial charge in [-0.05, 0) is 10.8 Å². The van der Waals surface area contributed by atoms with Crippen LogP contribution in [0, 0.1) is 0 Å². The lowest BCUT2D eigenvalue weighted by Crippen LogP contribution is -1.85. The van der Waals surface area contributed by atoms with Crippen LogP contribution in [0.15, 0.2) is 48.5 Å². The minimum atomic E-state index is -0.250. The predicted molar refractivity (Wildman–Crippen MR) is 66.8 cm³/mol. The van der Waals surface area contributed by atoms with Crippen LogP contribution in [0.3, 0.4) is 0 Å². The van der Waals surface area contributed by atoms with Gasteiger partial charge in [-0.2, -0.15) is 0 Å². The van der Waals surface area contributed by atoms with Crippen molar-refractivity contribution in [3.63, 3.8) is 0 Å². The molecule has 3 N–H and O–H groups in total. The predicted octanol–water partition coefficient (Wildman–Crippen LogP) is 1.51. The summed E-state index contributed by atoms with van der Waals surface area (Å²) in [5.41, 5.74) is 0. The van der Waals surface area contributed by atoms with Gasteiger partial charge in [0, 0.05) is 0 Å². The van der Waals surface area contributed by atoms with E-state index in [1.165, 1.54) is 10.8 Å². The summed E-state index contributed by atoms with van der Waals surface area (Å²) < 4.78 is 0. The number of rotatable bonds is 1. The molecule has 0 saturated heterocycles. The molecule has 17 heavy (non-hydrogen) atoms. The lowest BCUT2D eigenvalue weighted by atomic mass is 10.1. The Labute approximate surface area is 99.8 Å². The third-order valence-electron chi connectivity index (χ3n) is 1.76. The average Bonchev–Trinajstić information content (AvgIpc) is 2.40. The highest BCUT2D eigenvalue weighted by atomic mass is 16.3. The number of aliphatic hydroxyl groups excluding tert-OH is 2. The summed E-state index contributed by atoms with van der Waals surface area (Å²) in [6.45, 7) is -0.500. The molecule has 0 aromatic heterocycles. The summed E-state index contributed by atoms with van der Waals surface area (Å²) in [5.74, 6) is 0. The molecule has 0 saturated carbocycles. The Morgan fingerprint density at radius 3 is 1.24 bits per heavy atom. The number of fused-ring (bicyclic) bond motifs is 1. The Bertz CT molecular complexity index is 347. The van der Waals surface area contributed by atoms with Gasteiger partial charge in [-0.25, -0.2) is 0 Å². The molecule has 0 fully saturated rings. The van der Waals surface area contributed by atoms with Crippen LogP contribution in [0.2, 0.25) is 0 Å². The number of carboxylic acid groups (broad SMARTS) is 1. The zero-order valence-electron chi connectivity index (χ0n) is 9.36. The van der Waals surface area contributed by atoms with Crippen LogP contribution in [0.5, 0.6) is 0 Å². The van der Waals surface area contributed by atoms with E-state index in [1.54, 1.807) is 0 Å². The molecular formula is C13H16O4. The van der Waals surface area contributed by atoms with Crippen LogP contribution in [-0.2, 0) is 4.79 Å². The van der Waals surface area contributed by atoms with Gasteiger partial charge in [0.1, 0.15) is 0 Å². The van der Waals surface area contributed by atoms with E-state index in [0.717, 1.165) is 0 Å². The van der Waals surface area contributed by atoms with Crippen LogP contribution in [0.1, 0.15) is 0 Å². The van der Waals surface area contributed by atoms with Gasteiger partial charge in [0.25, 0.3) is 6.47 Å². The van der Waals surface area contributed by atoms with E-state index in [1.807, 2.05) is 0 Å². The fourth-order valence-corrected chi connectivity index (χ4v) is 1.13. The molecule has 2 rings (SSSR count). The lowest BCUT2D eigenvalue weighted by molar-refractivity contribution is -0.122. The number of benzene rings is 2. The van der Waals surface area contributed by atoms with Crippen molar-refractivity contribution in [3.8, 4) is 0 Å². The first-order valence-electron chi connectivity index (χ1n) is 5.03. The zero-order valence-corrected chi connectivity index (χ0v) is 9.36. The van der Waals surface area contributed by atoms with Gasteiger partial charge in [0.05, 0.1) is 13.2 Å². The highest BCUT2D eigenvalue weighted by Crippen LogP contribution is 2.11. The van der Waals surface area contributed by atoms with Gasteiger partial charge in [-0.15, -0.1) is 0 Å². The first-order chi connectivity index (χ1) is 8.29. The Morgan fingerprint density at radius 2 is 1.06 bits per heavy atom. The minimum Gasteiger partial charge on any atom is -0.483 e. The van der Waals surface area contributed by atoms with Crippen molar-refractivity contribution in [1.29, 1.82) is 0 Å². The normalized spacial score (nSPS) is 8.35. The van der Waals surface area contributed by atoms with Gasteiger partial charge in [-0.3, -0.25) is 4.79 Å². The summed E-state index contributed by atoms with van der Waals surface area (Å²) >= 11 is 0. The first kappa shape index (κ1) is 15.1. The fourth-order valence-electron chi connectivity index (χ4n) is 1.13. The first-order valence-corrected chi connectivity index (χ1v) is 5.03. The molecular weight excluding hydrogens is 220 g/mol. The quantitative estimate of drug-likeness (QED) is 0.656. The smallest absolute Gasteiger partial charge is 0.290 e. The maximum absolute atomic E-state index is 8.36. The molecule has 4 heteroatoms. The van der Waals surface area contributed by atoms with Crippen LogP contribution in [-0.4, -0.2) is 35.0 Å². The molecule has 0 aliphatic carbocycles. The second-order valence-electron chi connectivity index (χ2n) is 2.90. The molecule has 0 atom stereocenters. The zero-order chi connectivity index (χ0) is 12.9. The standard InChI is InChI=1S/C10H8.C2H6O2.CH2O2/c1-2-6-10-8-4-3-7-9(10)5-1;3-1-2-4;2-1-3/h1-8H;3-4H,1-2H2;1H,(H,2,3). The van der Waals surface area contributed by atoms with Crippen molar-refractivity contribution in [2.24, 2.45) is 0 Å². The van der Waals surface area contributed by atoms with E-state index in [2.05, 4.69) is 48.5 Å². The summed E-state index contributed by atoms with van der Waals surface area (Å²) in [7, 11) is 0. The lowest BCUT2D eigenvalue weighted by Gasteiger charge is -1.92. The number of aliphatic hydroxyl groups is 2. The van der Waals surface area contributed by atoms with Gasteiger partial charge in [0.2, 0.25) is 0 Å². The van der Waals surface area contributed by atoms with Crippen molar-refractivity contribution in [2.45, 2.75) is 0 Å². The minimum absolute atomic E-state index is 0.125. The van der Waals surface area contributed by atoms with Crippen molar-refractivity contribution >= 4 is 17.2 Å². The monoisotopic (exact) mass is 236 g/mol. The van der Waals surface area contributed by atoms with E-state index in [-0.39, 0.29) is 19.7 Å². The molecule has 0 bridgehead atoms. The highest BCUT2D eigenvalue weighted by molar-refractivity contribution is 5.81. The topological polar surface area (TPSA) is 77.8 Å². The maximum Gasteiger partial charge on any atom is 0.290 e. The summed E-state index contributed by atoms with van der Waals surface area (Å²) in [5, 5.41) is 24.8. The van der Waals surface area contributed by atoms with E-state index in [0.29, 0.717) is 0 Å². The third-order valence-corrected chi connectivity index (χ3v) is 1.76.